The average Bonchev–Trinajstić information content (AvgIpc) is 3.20. The van der Waals surface area contributed by atoms with Crippen molar-refractivity contribution in [3.8, 4) is 10.4 Å². The van der Waals surface area contributed by atoms with E-state index in [4.69, 9.17) is 4.98 Å². The molecule has 11 heteroatoms. The fourth-order valence-corrected chi connectivity index (χ4v) is 8.77. The summed E-state index contributed by atoms with van der Waals surface area (Å²) in [4.78, 5) is 18.6. The van der Waals surface area contributed by atoms with Gasteiger partial charge >= 0.3 is 0 Å². The second-order valence-corrected chi connectivity index (χ2v) is 16.3. The lowest BCUT2D eigenvalue weighted by molar-refractivity contribution is 0.0755. The molecule has 1 aliphatic heterocycles. The number of sulfonamides is 1. The van der Waals surface area contributed by atoms with E-state index in [1.807, 2.05) is 0 Å². The fraction of sp³-hybridized carbons (Fsp3) is 0.630. The van der Waals surface area contributed by atoms with Crippen LogP contribution in [0.1, 0.15) is 87.8 Å². The number of nitrogens with one attached hydrogen (secondary N) is 2. The van der Waals surface area contributed by atoms with Crippen molar-refractivity contribution in [3.63, 3.8) is 0 Å². The number of benzene rings is 1. The third-order valence-electron chi connectivity index (χ3n) is 6.84. The molecule has 8 nitrogen and oxygen atoms in total. The Balaban J connectivity index is 1.74. The molecule has 0 bridgehead atoms. The Bertz CT molecular complexity index is 1310. The zero-order valence-electron chi connectivity index (χ0n) is 22.8. The topological polar surface area (TPSA) is 125 Å². The van der Waals surface area contributed by atoms with E-state index in [2.05, 4.69) is 10.0 Å². The van der Waals surface area contributed by atoms with Gasteiger partial charge in [0.15, 0.2) is 5.01 Å². The first-order valence-electron chi connectivity index (χ1n) is 13.2. The van der Waals surface area contributed by atoms with Gasteiger partial charge < -0.3 is 10.4 Å². The molecule has 1 saturated heterocycles. The van der Waals surface area contributed by atoms with E-state index in [9.17, 15) is 22.5 Å². The molecular weight excluding hydrogens is 543 g/mol. The second kappa shape index (κ2) is 11.1. The van der Waals surface area contributed by atoms with Crippen LogP contribution in [-0.4, -0.2) is 51.7 Å². The second-order valence-electron chi connectivity index (χ2n) is 12.1. The standard InChI is InChI=1S/C27H39N3O5S3/c1-26(2,3)30-38(34,35)22-12-11-18(14-20(22)27(4,5)32)23-21(13-17-9-7-6-8-10-17)29-25(36-23)24(31)28-19-15-37(33)16-19/h11-12,14,17,19,30,32H,6-10,13,15-16H2,1-5H3,(H,28,31). The van der Waals surface area contributed by atoms with Gasteiger partial charge in [-0.25, -0.2) is 18.1 Å². The van der Waals surface area contributed by atoms with Gasteiger partial charge in [-0.1, -0.05) is 38.2 Å². The summed E-state index contributed by atoms with van der Waals surface area (Å²) in [6, 6.07) is 4.89. The maximum atomic E-state index is 13.2. The van der Waals surface area contributed by atoms with Gasteiger partial charge in [0, 0.05) is 33.4 Å². The van der Waals surface area contributed by atoms with Crippen LogP contribution in [0.2, 0.25) is 0 Å². The summed E-state index contributed by atoms with van der Waals surface area (Å²) in [7, 11) is -4.76. The highest BCUT2D eigenvalue weighted by Gasteiger charge is 2.32. The minimum atomic E-state index is -3.90. The SMILES string of the molecule is CC(C)(C)NS(=O)(=O)c1ccc(-c2sc(C(=O)NC3CS(=O)C3)nc2CC2CCCCC2)cc1C(C)(C)O. The number of carbonyl (C=O) groups excluding carboxylic acids is 1. The Morgan fingerprint density at radius 1 is 1.13 bits per heavy atom. The Labute approximate surface area is 232 Å². The summed E-state index contributed by atoms with van der Waals surface area (Å²) < 4.78 is 40.6. The molecule has 0 unspecified atom stereocenters. The van der Waals surface area contributed by atoms with Crippen LogP contribution in [0.3, 0.4) is 0 Å². The molecule has 4 rings (SSSR count). The summed E-state index contributed by atoms with van der Waals surface area (Å²) in [5.74, 6) is 1.14. The van der Waals surface area contributed by atoms with Gasteiger partial charge in [-0.2, -0.15) is 0 Å². The third kappa shape index (κ3) is 7.10. The molecule has 38 heavy (non-hydrogen) atoms. The van der Waals surface area contributed by atoms with Crippen molar-refractivity contribution < 1.29 is 22.5 Å². The predicted molar refractivity (Wildman–Crippen MR) is 152 cm³/mol. The highest BCUT2D eigenvalue weighted by molar-refractivity contribution is 7.89. The quantitative estimate of drug-likeness (QED) is 0.431. The largest absolute Gasteiger partial charge is 0.386 e. The summed E-state index contributed by atoms with van der Waals surface area (Å²) in [6.07, 6.45) is 6.60. The molecule has 3 N–H and O–H groups in total. The van der Waals surface area contributed by atoms with Crippen molar-refractivity contribution >= 4 is 38.1 Å². The smallest absolute Gasteiger partial charge is 0.280 e. The van der Waals surface area contributed by atoms with E-state index >= 15 is 0 Å². The zero-order valence-corrected chi connectivity index (χ0v) is 25.2. The van der Waals surface area contributed by atoms with Gasteiger partial charge in [0.1, 0.15) is 0 Å². The van der Waals surface area contributed by atoms with Crippen LogP contribution >= 0.6 is 11.3 Å². The first-order chi connectivity index (χ1) is 17.6. The van der Waals surface area contributed by atoms with Gasteiger partial charge in [0.2, 0.25) is 10.0 Å². The zero-order chi connectivity index (χ0) is 27.9. The molecule has 2 fully saturated rings. The number of hydrogen-bond acceptors (Lipinski definition) is 7. The summed E-state index contributed by atoms with van der Waals surface area (Å²) in [5.41, 5.74) is -0.272. The first kappa shape index (κ1) is 29.3. The van der Waals surface area contributed by atoms with Gasteiger partial charge in [-0.3, -0.25) is 9.00 Å². The Morgan fingerprint density at radius 3 is 2.37 bits per heavy atom. The molecule has 1 aromatic heterocycles. The van der Waals surface area contributed by atoms with E-state index in [0.29, 0.717) is 22.4 Å². The number of nitrogens with zero attached hydrogens (tertiary/aromatic N) is 1. The Morgan fingerprint density at radius 2 is 1.79 bits per heavy atom. The molecule has 2 aliphatic rings. The summed E-state index contributed by atoms with van der Waals surface area (Å²) in [5, 5.41) is 14.3. The lowest BCUT2D eigenvalue weighted by Crippen LogP contribution is -2.50. The molecule has 0 atom stereocenters. The van der Waals surface area contributed by atoms with Gasteiger partial charge in [0.05, 0.1) is 27.1 Å². The average molecular weight is 582 g/mol. The van der Waals surface area contributed by atoms with E-state index in [0.717, 1.165) is 35.4 Å². The number of thiazole rings is 1. The number of aromatic nitrogens is 1. The van der Waals surface area contributed by atoms with Crippen molar-refractivity contribution in [1.29, 1.82) is 0 Å². The van der Waals surface area contributed by atoms with Crippen molar-refractivity contribution in [2.45, 2.75) is 95.2 Å². The Hall–Kier alpha value is -1.66. The number of hydrogen-bond donors (Lipinski definition) is 3. The van der Waals surface area contributed by atoms with Crippen LogP contribution in [0.4, 0.5) is 0 Å². The maximum absolute atomic E-state index is 13.2. The molecule has 1 aliphatic carbocycles. The molecule has 1 saturated carbocycles. The van der Waals surface area contributed by atoms with Crippen LogP contribution < -0.4 is 10.0 Å². The lowest BCUT2D eigenvalue weighted by atomic mass is 9.85. The third-order valence-corrected chi connectivity index (χ3v) is 11.3. The van der Waals surface area contributed by atoms with E-state index in [-0.39, 0.29) is 22.4 Å². The normalized spacial score (nSPS) is 21.2. The molecule has 1 amide bonds. The Kier molecular flexibility index (Phi) is 8.55. The van der Waals surface area contributed by atoms with Gasteiger partial charge in [-0.05, 0) is 64.7 Å². The highest BCUT2D eigenvalue weighted by Crippen LogP contribution is 2.38. The lowest BCUT2D eigenvalue weighted by Gasteiger charge is -2.26. The summed E-state index contributed by atoms with van der Waals surface area (Å²) in [6.45, 7) is 8.45. The van der Waals surface area contributed by atoms with Gasteiger partial charge in [0.25, 0.3) is 5.91 Å². The number of carbonyl (C=O) groups is 1. The highest BCUT2D eigenvalue weighted by atomic mass is 32.2. The molecule has 2 heterocycles. The molecule has 1 aromatic carbocycles. The number of aliphatic hydroxyl groups is 1. The van der Waals surface area contributed by atoms with Crippen LogP contribution in [0.15, 0.2) is 23.1 Å². The van der Waals surface area contributed by atoms with Crippen LogP contribution in [0, 0.1) is 5.92 Å². The van der Waals surface area contributed by atoms with Crippen LogP contribution in [0.5, 0.6) is 0 Å². The number of rotatable bonds is 8. The summed E-state index contributed by atoms with van der Waals surface area (Å²) >= 11 is 1.28. The van der Waals surface area contributed by atoms with E-state index in [1.54, 1.807) is 46.8 Å². The predicted octanol–water partition coefficient (Wildman–Crippen LogP) is 4.10. The molecule has 0 radical (unpaired) electrons. The van der Waals surface area contributed by atoms with Crippen molar-refractivity contribution in [1.82, 2.24) is 15.0 Å². The van der Waals surface area contributed by atoms with Gasteiger partial charge in [-0.15, -0.1) is 11.3 Å². The minimum Gasteiger partial charge on any atom is -0.386 e. The van der Waals surface area contributed by atoms with Crippen LogP contribution in [0.25, 0.3) is 10.4 Å². The monoisotopic (exact) mass is 581 g/mol. The molecular formula is C27H39N3O5S3. The van der Waals surface area contributed by atoms with Crippen molar-refractivity contribution in [2.75, 3.05) is 11.5 Å². The molecule has 2 aromatic rings. The number of amides is 1. The van der Waals surface area contributed by atoms with Crippen LogP contribution in [-0.2, 0) is 32.8 Å². The molecule has 0 spiro atoms. The van der Waals surface area contributed by atoms with E-state index in [1.165, 1.54) is 36.7 Å². The first-order valence-corrected chi connectivity index (χ1v) is 17.0. The maximum Gasteiger partial charge on any atom is 0.280 e. The molecule has 210 valence electrons. The van der Waals surface area contributed by atoms with Crippen molar-refractivity contribution in [3.05, 3.63) is 34.5 Å². The van der Waals surface area contributed by atoms with E-state index < -0.39 is 32.0 Å². The van der Waals surface area contributed by atoms with Crippen molar-refractivity contribution in [2.24, 2.45) is 5.92 Å². The minimum absolute atomic E-state index is 0.0259. The fourth-order valence-electron chi connectivity index (χ4n) is 5.05.